The van der Waals surface area contributed by atoms with Crippen molar-refractivity contribution < 1.29 is 0 Å². The van der Waals surface area contributed by atoms with Crippen LogP contribution in [0.15, 0.2) is 39.9 Å². The van der Waals surface area contributed by atoms with E-state index in [0.717, 1.165) is 17.5 Å². The van der Waals surface area contributed by atoms with Crippen molar-refractivity contribution in [1.82, 2.24) is 15.6 Å². The van der Waals surface area contributed by atoms with Crippen LogP contribution in [0.2, 0.25) is 0 Å². The number of nitrogens with one attached hydrogen (secondary N) is 2. The third-order valence-corrected chi connectivity index (χ3v) is 5.80. The maximum atomic E-state index is 4.37. The molecular weight excluding hydrogens is 499 g/mol. The Bertz CT molecular complexity index is 712. The highest BCUT2D eigenvalue weighted by atomic mass is 127. The van der Waals surface area contributed by atoms with Gasteiger partial charge >= 0.3 is 0 Å². The van der Waals surface area contributed by atoms with Crippen LogP contribution in [0.4, 0.5) is 0 Å². The topological polar surface area (TPSA) is 49.3 Å². The van der Waals surface area contributed by atoms with E-state index in [9.17, 15) is 0 Å². The van der Waals surface area contributed by atoms with Crippen molar-refractivity contribution >= 4 is 57.2 Å². The second-order valence-electron chi connectivity index (χ2n) is 5.90. The molecule has 1 fully saturated rings. The number of nitrogens with zero attached hydrogens (tertiary/aromatic N) is 2. The standard InChI is InChI=1S/C17H21BrN4S.HI/c1-12-9-20-15(23-12)10-21-16(19-2)22-11-17(7-8-17)13-5-3-4-6-14(13)18;/h3-6,9H,7-8,10-11H2,1-2H3,(H2,19,21,22);1H. The Morgan fingerprint density at radius 1 is 1.33 bits per heavy atom. The molecule has 1 aliphatic carbocycles. The molecule has 0 unspecified atom stereocenters. The second kappa shape index (κ2) is 8.62. The van der Waals surface area contributed by atoms with Gasteiger partial charge in [0.05, 0.1) is 6.54 Å². The van der Waals surface area contributed by atoms with Crippen LogP contribution >= 0.6 is 51.2 Å². The van der Waals surface area contributed by atoms with E-state index < -0.39 is 0 Å². The van der Waals surface area contributed by atoms with E-state index in [0.29, 0.717) is 6.54 Å². The highest BCUT2D eigenvalue weighted by Crippen LogP contribution is 2.49. The molecule has 130 valence electrons. The maximum absolute atomic E-state index is 4.37. The summed E-state index contributed by atoms with van der Waals surface area (Å²) < 4.78 is 1.19. The molecule has 4 nitrogen and oxygen atoms in total. The minimum Gasteiger partial charge on any atom is -0.356 e. The van der Waals surface area contributed by atoms with Gasteiger partial charge in [0.2, 0.25) is 0 Å². The van der Waals surface area contributed by atoms with E-state index in [4.69, 9.17) is 0 Å². The van der Waals surface area contributed by atoms with Gasteiger partial charge in [-0.2, -0.15) is 0 Å². The molecule has 0 atom stereocenters. The molecule has 1 saturated carbocycles. The molecular formula is C17H22BrIN4S. The number of aliphatic imine (C=N–C) groups is 1. The van der Waals surface area contributed by atoms with Crippen LogP contribution in [-0.4, -0.2) is 24.5 Å². The van der Waals surface area contributed by atoms with Crippen molar-refractivity contribution in [3.63, 3.8) is 0 Å². The van der Waals surface area contributed by atoms with Crippen LogP contribution in [0.5, 0.6) is 0 Å². The van der Waals surface area contributed by atoms with Crippen LogP contribution in [0.25, 0.3) is 0 Å². The fourth-order valence-electron chi connectivity index (χ4n) is 2.70. The minimum absolute atomic E-state index is 0. The Morgan fingerprint density at radius 2 is 2.08 bits per heavy atom. The first-order chi connectivity index (χ1) is 11.1. The third kappa shape index (κ3) is 4.70. The van der Waals surface area contributed by atoms with Gasteiger partial charge < -0.3 is 10.6 Å². The molecule has 24 heavy (non-hydrogen) atoms. The predicted octanol–water partition coefficient (Wildman–Crippen LogP) is 4.23. The van der Waals surface area contributed by atoms with E-state index in [1.807, 2.05) is 6.20 Å². The van der Waals surface area contributed by atoms with Gasteiger partial charge in [-0.25, -0.2) is 4.98 Å². The Labute approximate surface area is 172 Å². The normalized spacial score (nSPS) is 15.5. The first-order valence-corrected chi connectivity index (χ1v) is 9.35. The van der Waals surface area contributed by atoms with Gasteiger partial charge in [-0.3, -0.25) is 4.99 Å². The van der Waals surface area contributed by atoms with Gasteiger partial charge in [-0.05, 0) is 31.4 Å². The van der Waals surface area contributed by atoms with Crippen LogP contribution in [0.1, 0.15) is 28.3 Å². The molecule has 0 spiro atoms. The van der Waals surface area contributed by atoms with E-state index in [2.05, 4.69) is 67.7 Å². The van der Waals surface area contributed by atoms with E-state index in [1.165, 1.54) is 27.8 Å². The van der Waals surface area contributed by atoms with Crippen molar-refractivity contribution in [2.75, 3.05) is 13.6 Å². The zero-order valence-corrected chi connectivity index (χ0v) is 18.5. The molecule has 0 aliphatic heterocycles. The molecule has 1 aromatic heterocycles. The Balaban J connectivity index is 0.00000208. The quantitative estimate of drug-likeness (QED) is 0.352. The number of benzene rings is 1. The lowest BCUT2D eigenvalue weighted by atomic mass is 9.96. The molecule has 2 N–H and O–H groups in total. The van der Waals surface area contributed by atoms with Crippen molar-refractivity contribution in [3.05, 3.63) is 50.4 Å². The molecule has 3 rings (SSSR count). The Hall–Kier alpha value is -0.670. The Kier molecular flexibility index (Phi) is 7.06. The first-order valence-electron chi connectivity index (χ1n) is 7.74. The third-order valence-electron chi connectivity index (χ3n) is 4.19. The summed E-state index contributed by atoms with van der Waals surface area (Å²) in [6.07, 6.45) is 4.33. The highest BCUT2D eigenvalue weighted by Gasteiger charge is 2.45. The van der Waals surface area contributed by atoms with Crippen molar-refractivity contribution in [3.8, 4) is 0 Å². The number of aromatic nitrogens is 1. The van der Waals surface area contributed by atoms with Crippen molar-refractivity contribution in [1.29, 1.82) is 0 Å². The number of rotatable bonds is 5. The molecule has 0 saturated heterocycles. The van der Waals surface area contributed by atoms with Gasteiger partial charge in [0.15, 0.2) is 5.96 Å². The molecule has 1 heterocycles. The largest absolute Gasteiger partial charge is 0.356 e. The number of hydrogen-bond donors (Lipinski definition) is 2. The summed E-state index contributed by atoms with van der Waals surface area (Å²) in [6.45, 7) is 3.68. The predicted molar refractivity (Wildman–Crippen MR) is 116 cm³/mol. The molecule has 1 aromatic carbocycles. The second-order valence-corrected chi connectivity index (χ2v) is 8.08. The van der Waals surface area contributed by atoms with Gasteiger partial charge in [-0.1, -0.05) is 34.1 Å². The molecule has 1 aliphatic rings. The fourth-order valence-corrected chi connectivity index (χ4v) is 4.13. The summed E-state index contributed by atoms with van der Waals surface area (Å²) in [5, 5.41) is 7.89. The van der Waals surface area contributed by atoms with Crippen molar-refractivity contribution in [2.45, 2.75) is 31.7 Å². The summed E-state index contributed by atoms with van der Waals surface area (Å²) in [5.74, 6) is 0.830. The van der Waals surface area contributed by atoms with Gasteiger partial charge in [-0.15, -0.1) is 35.3 Å². The average Bonchev–Trinajstić information content (AvgIpc) is 3.22. The monoisotopic (exact) mass is 520 g/mol. The van der Waals surface area contributed by atoms with Crippen LogP contribution in [-0.2, 0) is 12.0 Å². The molecule has 0 amide bonds. The average molecular weight is 521 g/mol. The zero-order chi connectivity index (χ0) is 16.3. The highest BCUT2D eigenvalue weighted by molar-refractivity contribution is 14.0. The molecule has 2 aromatic rings. The maximum Gasteiger partial charge on any atom is 0.191 e. The van der Waals surface area contributed by atoms with Crippen molar-refractivity contribution in [2.24, 2.45) is 4.99 Å². The summed E-state index contributed by atoms with van der Waals surface area (Å²) in [7, 11) is 1.81. The van der Waals surface area contributed by atoms with Crippen LogP contribution < -0.4 is 10.6 Å². The SMILES string of the molecule is CN=C(NCc1ncc(C)s1)NCC1(c2ccccc2Br)CC1.I. The van der Waals surface area contributed by atoms with Gasteiger partial charge in [0.25, 0.3) is 0 Å². The van der Waals surface area contributed by atoms with Crippen LogP contribution in [0.3, 0.4) is 0 Å². The number of thiazole rings is 1. The smallest absolute Gasteiger partial charge is 0.191 e. The lowest BCUT2D eigenvalue weighted by molar-refractivity contribution is 0.643. The summed E-state index contributed by atoms with van der Waals surface area (Å²) in [6, 6.07) is 8.51. The number of guanidine groups is 1. The lowest BCUT2D eigenvalue weighted by Crippen LogP contribution is -2.41. The number of halogens is 2. The molecule has 7 heteroatoms. The van der Waals surface area contributed by atoms with E-state index >= 15 is 0 Å². The summed E-state index contributed by atoms with van der Waals surface area (Å²) >= 11 is 5.39. The van der Waals surface area contributed by atoms with Gasteiger partial charge in [0, 0.05) is 34.6 Å². The molecule has 0 bridgehead atoms. The van der Waals surface area contributed by atoms with Gasteiger partial charge in [0.1, 0.15) is 5.01 Å². The number of hydrogen-bond acceptors (Lipinski definition) is 3. The van der Waals surface area contributed by atoms with Crippen LogP contribution in [0, 0.1) is 6.92 Å². The van der Waals surface area contributed by atoms with E-state index in [1.54, 1.807) is 18.4 Å². The first kappa shape index (κ1) is 19.7. The minimum atomic E-state index is 0. The Morgan fingerprint density at radius 3 is 2.67 bits per heavy atom. The number of aryl methyl sites for hydroxylation is 1. The molecule has 0 radical (unpaired) electrons. The summed E-state index contributed by atoms with van der Waals surface area (Å²) in [4.78, 5) is 9.92. The summed E-state index contributed by atoms with van der Waals surface area (Å²) in [5.41, 5.74) is 1.62. The fraction of sp³-hybridized carbons (Fsp3) is 0.412. The van der Waals surface area contributed by atoms with E-state index in [-0.39, 0.29) is 29.4 Å². The lowest BCUT2D eigenvalue weighted by Gasteiger charge is -2.20. The zero-order valence-electron chi connectivity index (χ0n) is 13.8.